The number of nitrogens with zero attached hydrogens (tertiary/aromatic N) is 2. The highest BCUT2D eigenvalue weighted by atomic mass is 19.1. The summed E-state index contributed by atoms with van der Waals surface area (Å²) in [5.74, 6) is 1.06. The molecule has 1 aromatic carbocycles. The van der Waals surface area contributed by atoms with Crippen LogP contribution < -0.4 is 0 Å². The van der Waals surface area contributed by atoms with Crippen LogP contribution in [0.3, 0.4) is 0 Å². The second kappa shape index (κ2) is 6.35. The summed E-state index contributed by atoms with van der Waals surface area (Å²) >= 11 is 0. The number of halogens is 1. The molecule has 21 heavy (non-hydrogen) atoms. The first-order chi connectivity index (χ1) is 10.2. The van der Waals surface area contributed by atoms with Gasteiger partial charge in [-0.05, 0) is 36.5 Å². The molecule has 1 aromatic heterocycles. The molecule has 1 heterocycles. The van der Waals surface area contributed by atoms with E-state index in [0.29, 0.717) is 30.5 Å². The number of rotatable bonds is 5. The third kappa shape index (κ3) is 3.67. The van der Waals surface area contributed by atoms with Gasteiger partial charge in [-0.2, -0.15) is 4.98 Å². The van der Waals surface area contributed by atoms with E-state index in [-0.39, 0.29) is 5.82 Å². The van der Waals surface area contributed by atoms with Gasteiger partial charge in [-0.25, -0.2) is 4.39 Å². The lowest BCUT2D eigenvalue weighted by molar-refractivity contribution is 0.102. The van der Waals surface area contributed by atoms with Crippen molar-refractivity contribution in [1.82, 2.24) is 10.1 Å². The Bertz CT molecular complexity index is 593. The molecule has 0 saturated heterocycles. The Kier molecular flexibility index (Phi) is 4.29. The molecular weight excluding hydrogens is 271 g/mol. The lowest BCUT2D eigenvalue weighted by Gasteiger charge is -2.14. The monoisotopic (exact) mass is 290 g/mol. The van der Waals surface area contributed by atoms with E-state index in [2.05, 4.69) is 10.1 Å². The van der Waals surface area contributed by atoms with Crippen molar-refractivity contribution in [3.8, 4) is 0 Å². The predicted octanol–water partition coefficient (Wildman–Crippen LogP) is 2.89. The molecule has 1 saturated carbocycles. The molecule has 1 atom stereocenters. The van der Waals surface area contributed by atoms with Crippen LogP contribution in [0.4, 0.5) is 4.39 Å². The van der Waals surface area contributed by atoms with Gasteiger partial charge in [0.05, 0.1) is 12.5 Å². The van der Waals surface area contributed by atoms with E-state index >= 15 is 0 Å². The van der Waals surface area contributed by atoms with Crippen LogP contribution in [-0.2, 0) is 12.8 Å². The Hall–Kier alpha value is -1.75. The van der Waals surface area contributed by atoms with Gasteiger partial charge >= 0.3 is 0 Å². The SMILES string of the molecule is OC(Cc1nc(Cc2cccc(F)c2)no1)C1CCCC1. The molecule has 0 bridgehead atoms. The predicted molar refractivity (Wildman–Crippen MR) is 75.2 cm³/mol. The fourth-order valence-corrected chi connectivity index (χ4v) is 2.96. The third-order valence-electron chi connectivity index (χ3n) is 4.09. The first-order valence-electron chi connectivity index (χ1n) is 7.44. The fourth-order valence-electron chi connectivity index (χ4n) is 2.96. The summed E-state index contributed by atoms with van der Waals surface area (Å²) < 4.78 is 18.3. The number of benzene rings is 1. The van der Waals surface area contributed by atoms with Crippen molar-refractivity contribution in [3.05, 3.63) is 47.4 Å². The van der Waals surface area contributed by atoms with Crippen LogP contribution in [0.1, 0.15) is 43.0 Å². The van der Waals surface area contributed by atoms with Crippen LogP contribution in [0.2, 0.25) is 0 Å². The second-order valence-electron chi connectivity index (χ2n) is 5.73. The topological polar surface area (TPSA) is 59.2 Å². The van der Waals surface area contributed by atoms with Crippen molar-refractivity contribution in [1.29, 1.82) is 0 Å². The third-order valence-corrected chi connectivity index (χ3v) is 4.09. The van der Waals surface area contributed by atoms with Crippen molar-refractivity contribution in [2.24, 2.45) is 5.92 Å². The highest BCUT2D eigenvalue weighted by molar-refractivity contribution is 5.19. The maximum absolute atomic E-state index is 13.1. The zero-order valence-corrected chi connectivity index (χ0v) is 11.8. The highest BCUT2D eigenvalue weighted by Gasteiger charge is 2.25. The van der Waals surface area contributed by atoms with Gasteiger partial charge in [-0.3, -0.25) is 0 Å². The van der Waals surface area contributed by atoms with Gasteiger partial charge in [0.15, 0.2) is 5.82 Å². The van der Waals surface area contributed by atoms with Gasteiger partial charge in [0, 0.05) is 6.42 Å². The zero-order chi connectivity index (χ0) is 14.7. The van der Waals surface area contributed by atoms with Gasteiger partial charge in [0.1, 0.15) is 5.82 Å². The molecule has 5 heteroatoms. The number of aliphatic hydroxyl groups excluding tert-OH is 1. The summed E-state index contributed by atoms with van der Waals surface area (Å²) in [5.41, 5.74) is 0.804. The molecule has 2 aromatic rings. The minimum Gasteiger partial charge on any atom is -0.392 e. The molecule has 0 amide bonds. The van der Waals surface area contributed by atoms with Crippen molar-refractivity contribution in [2.75, 3.05) is 0 Å². The lowest BCUT2D eigenvalue weighted by Crippen LogP contribution is -2.20. The molecule has 0 aliphatic heterocycles. The van der Waals surface area contributed by atoms with E-state index in [4.69, 9.17) is 4.52 Å². The minimum absolute atomic E-state index is 0.270. The van der Waals surface area contributed by atoms with E-state index in [9.17, 15) is 9.50 Å². The minimum atomic E-state index is -0.407. The Balaban J connectivity index is 1.60. The van der Waals surface area contributed by atoms with Crippen LogP contribution in [0, 0.1) is 11.7 Å². The molecule has 1 aliphatic rings. The molecule has 112 valence electrons. The van der Waals surface area contributed by atoms with Gasteiger partial charge in [-0.1, -0.05) is 30.1 Å². The summed E-state index contributed by atoms with van der Waals surface area (Å²) in [7, 11) is 0. The van der Waals surface area contributed by atoms with Gasteiger partial charge < -0.3 is 9.63 Å². The second-order valence-corrected chi connectivity index (χ2v) is 5.73. The van der Waals surface area contributed by atoms with E-state index < -0.39 is 6.10 Å². The standard InChI is InChI=1S/C16H19FN2O2/c17-13-7-3-4-11(8-13)9-15-18-16(21-19-15)10-14(20)12-5-1-2-6-12/h3-4,7-8,12,14,20H,1-2,5-6,9-10H2. The van der Waals surface area contributed by atoms with E-state index in [1.807, 2.05) is 6.07 Å². The smallest absolute Gasteiger partial charge is 0.229 e. The van der Waals surface area contributed by atoms with Crippen molar-refractivity contribution in [2.45, 2.75) is 44.6 Å². The quantitative estimate of drug-likeness (QED) is 0.920. The first kappa shape index (κ1) is 14.2. The van der Waals surface area contributed by atoms with E-state index in [0.717, 1.165) is 18.4 Å². The zero-order valence-electron chi connectivity index (χ0n) is 11.8. The largest absolute Gasteiger partial charge is 0.392 e. The van der Waals surface area contributed by atoms with Gasteiger partial charge in [0.25, 0.3) is 0 Å². The van der Waals surface area contributed by atoms with Gasteiger partial charge in [-0.15, -0.1) is 0 Å². The Morgan fingerprint density at radius 1 is 1.33 bits per heavy atom. The number of aliphatic hydroxyl groups is 1. The summed E-state index contributed by atoms with van der Waals surface area (Å²) in [5, 5.41) is 14.1. The average Bonchev–Trinajstić information content (AvgIpc) is 3.10. The maximum atomic E-state index is 13.1. The lowest BCUT2D eigenvalue weighted by atomic mass is 9.98. The van der Waals surface area contributed by atoms with Crippen LogP contribution in [0.25, 0.3) is 0 Å². The summed E-state index contributed by atoms with van der Waals surface area (Å²) in [6.07, 6.45) is 4.96. The van der Waals surface area contributed by atoms with E-state index in [1.54, 1.807) is 6.07 Å². The molecule has 1 fully saturated rings. The number of hydrogen-bond donors (Lipinski definition) is 1. The summed E-state index contributed by atoms with van der Waals surface area (Å²) in [6, 6.07) is 6.36. The molecule has 1 unspecified atom stereocenters. The molecule has 4 nitrogen and oxygen atoms in total. The van der Waals surface area contributed by atoms with Crippen molar-refractivity contribution < 1.29 is 14.0 Å². The molecule has 1 N–H and O–H groups in total. The van der Waals surface area contributed by atoms with Crippen LogP contribution in [0.5, 0.6) is 0 Å². The Morgan fingerprint density at radius 2 is 2.14 bits per heavy atom. The molecule has 0 spiro atoms. The fraction of sp³-hybridized carbons (Fsp3) is 0.500. The molecular formula is C16H19FN2O2. The van der Waals surface area contributed by atoms with Gasteiger partial charge in [0.2, 0.25) is 5.89 Å². The van der Waals surface area contributed by atoms with Crippen LogP contribution in [0.15, 0.2) is 28.8 Å². The maximum Gasteiger partial charge on any atom is 0.229 e. The number of hydrogen-bond acceptors (Lipinski definition) is 4. The van der Waals surface area contributed by atoms with Crippen molar-refractivity contribution in [3.63, 3.8) is 0 Å². The highest BCUT2D eigenvalue weighted by Crippen LogP contribution is 2.28. The van der Waals surface area contributed by atoms with Crippen LogP contribution >= 0.6 is 0 Å². The Labute approximate surface area is 123 Å². The normalized spacial score (nSPS) is 17.2. The Morgan fingerprint density at radius 3 is 2.90 bits per heavy atom. The summed E-state index contributed by atoms with van der Waals surface area (Å²) in [6.45, 7) is 0. The number of aromatic nitrogens is 2. The van der Waals surface area contributed by atoms with Crippen LogP contribution in [-0.4, -0.2) is 21.4 Å². The molecule has 3 rings (SSSR count). The first-order valence-corrected chi connectivity index (χ1v) is 7.44. The molecule has 1 aliphatic carbocycles. The van der Waals surface area contributed by atoms with E-state index in [1.165, 1.54) is 25.0 Å². The average molecular weight is 290 g/mol. The van der Waals surface area contributed by atoms with Crippen molar-refractivity contribution >= 4 is 0 Å². The summed E-state index contributed by atoms with van der Waals surface area (Å²) in [4.78, 5) is 4.29. The molecule has 0 radical (unpaired) electrons.